The number of nitrogens with zero attached hydrogens (tertiary/aromatic N) is 2. The van der Waals surface area contributed by atoms with Crippen LogP contribution in [0.1, 0.15) is 85.0 Å². The normalized spacial score (nSPS) is 40.5. The maximum Gasteiger partial charge on any atom is 0.250 e. The van der Waals surface area contributed by atoms with Crippen LogP contribution in [0, 0.1) is 40.4 Å². The van der Waals surface area contributed by atoms with E-state index >= 15 is 0 Å². The summed E-state index contributed by atoms with van der Waals surface area (Å²) in [6.45, 7) is 7.27. The summed E-state index contributed by atoms with van der Waals surface area (Å²) in [6, 6.07) is 0. The van der Waals surface area contributed by atoms with Gasteiger partial charge in [-0.25, -0.2) is 0 Å². The zero-order chi connectivity index (χ0) is 22.6. The summed E-state index contributed by atoms with van der Waals surface area (Å²) < 4.78 is 0. The molecule has 0 aromatic carbocycles. The molecule has 0 aromatic heterocycles. The fourth-order valence-electron chi connectivity index (χ4n) is 8.30. The molecule has 0 aromatic rings. The first kappa shape index (κ1) is 22.8. The Morgan fingerprint density at radius 2 is 1.97 bits per heavy atom. The van der Waals surface area contributed by atoms with Gasteiger partial charge < -0.3 is 4.90 Å². The van der Waals surface area contributed by atoms with Gasteiger partial charge in [0.1, 0.15) is 0 Å². The van der Waals surface area contributed by atoms with Crippen molar-refractivity contribution in [2.45, 2.75) is 85.0 Å². The molecule has 174 valence electrons. The molecule has 1 aliphatic heterocycles. The van der Waals surface area contributed by atoms with Crippen molar-refractivity contribution in [2.75, 3.05) is 14.1 Å². The van der Waals surface area contributed by atoms with Gasteiger partial charge >= 0.3 is 0 Å². The average Bonchev–Trinajstić information content (AvgIpc) is 3.08. The summed E-state index contributed by atoms with van der Waals surface area (Å²) in [5.41, 5.74) is 1.20. The minimum Gasteiger partial charge on any atom is -0.349 e. The highest BCUT2D eigenvalue weighted by Gasteiger charge is 2.60. The molecule has 2 saturated carbocycles. The van der Waals surface area contributed by atoms with E-state index in [2.05, 4.69) is 26.8 Å². The van der Waals surface area contributed by atoms with Gasteiger partial charge in [0.15, 0.2) is 0 Å². The Kier molecular flexibility index (Phi) is 6.04. The second-order valence-corrected chi connectivity index (χ2v) is 11.7. The van der Waals surface area contributed by atoms with Crippen molar-refractivity contribution in [1.82, 2.24) is 9.96 Å². The molecule has 3 aliphatic carbocycles. The highest BCUT2D eigenvalue weighted by atomic mass is 16.5. The van der Waals surface area contributed by atoms with Crippen LogP contribution in [0.2, 0.25) is 0 Å². The molecule has 1 saturated heterocycles. The number of fused-ring (bicyclic) bond motifs is 5. The van der Waals surface area contributed by atoms with Crippen LogP contribution < -0.4 is 0 Å². The molecule has 0 bridgehead atoms. The molecule has 1 N–H and O–H groups in total. The third kappa shape index (κ3) is 3.65. The fourth-order valence-corrected chi connectivity index (χ4v) is 8.30. The van der Waals surface area contributed by atoms with Crippen LogP contribution in [-0.2, 0) is 9.59 Å². The van der Waals surface area contributed by atoms with Crippen molar-refractivity contribution >= 4 is 11.8 Å². The molecule has 0 unspecified atom stereocenters. The van der Waals surface area contributed by atoms with E-state index in [1.165, 1.54) is 25.7 Å². The Morgan fingerprint density at radius 1 is 1.23 bits per heavy atom. The lowest BCUT2D eigenvalue weighted by molar-refractivity contribution is -0.174. The molecular formula is C26H42N2O3. The number of piperidine rings is 1. The lowest BCUT2D eigenvalue weighted by atomic mass is 9.48. The van der Waals surface area contributed by atoms with Crippen LogP contribution >= 0.6 is 0 Å². The van der Waals surface area contributed by atoms with Gasteiger partial charge in [-0.05, 0) is 86.4 Å². The predicted molar refractivity (Wildman–Crippen MR) is 121 cm³/mol. The number of hydrogen-bond acceptors (Lipinski definition) is 3. The van der Waals surface area contributed by atoms with Gasteiger partial charge in [0.25, 0.3) is 0 Å². The Hall–Kier alpha value is -1.36. The van der Waals surface area contributed by atoms with Crippen LogP contribution in [0.4, 0.5) is 0 Å². The lowest BCUT2D eigenvalue weighted by Crippen LogP contribution is -2.53. The van der Waals surface area contributed by atoms with Crippen LogP contribution in [0.25, 0.3) is 0 Å². The van der Waals surface area contributed by atoms with Crippen LogP contribution in [0.15, 0.2) is 11.8 Å². The average molecular weight is 431 g/mol. The van der Waals surface area contributed by atoms with Gasteiger partial charge in [-0.1, -0.05) is 26.8 Å². The summed E-state index contributed by atoms with van der Waals surface area (Å²) >= 11 is 0. The van der Waals surface area contributed by atoms with Gasteiger partial charge in [-0.3, -0.25) is 14.8 Å². The highest BCUT2D eigenvalue weighted by molar-refractivity contribution is 5.78. The molecule has 5 nitrogen and oxygen atoms in total. The second-order valence-electron chi connectivity index (χ2n) is 11.7. The van der Waals surface area contributed by atoms with E-state index in [0.717, 1.165) is 48.3 Å². The van der Waals surface area contributed by atoms with Crippen molar-refractivity contribution in [2.24, 2.45) is 40.4 Å². The van der Waals surface area contributed by atoms with E-state index in [4.69, 9.17) is 0 Å². The quantitative estimate of drug-likeness (QED) is 0.606. The Labute approximate surface area is 188 Å². The molecule has 4 aliphatic rings. The molecule has 2 amide bonds. The molecule has 31 heavy (non-hydrogen) atoms. The van der Waals surface area contributed by atoms with Crippen molar-refractivity contribution in [1.29, 1.82) is 0 Å². The summed E-state index contributed by atoms with van der Waals surface area (Å²) in [6.07, 6.45) is 12.4. The molecular weight excluding hydrogens is 388 g/mol. The van der Waals surface area contributed by atoms with Crippen molar-refractivity contribution in [3.63, 3.8) is 0 Å². The monoisotopic (exact) mass is 430 g/mol. The molecule has 1 heterocycles. The zero-order valence-electron chi connectivity index (χ0n) is 20.2. The molecule has 5 heteroatoms. The Morgan fingerprint density at radius 3 is 2.68 bits per heavy atom. The van der Waals surface area contributed by atoms with Crippen LogP contribution in [0.5, 0.6) is 0 Å². The lowest BCUT2D eigenvalue weighted by Gasteiger charge is -2.58. The van der Waals surface area contributed by atoms with Gasteiger partial charge in [0.2, 0.25) is 11.8 Å². The van der Waals surface area contributed by atoms with Gasteiger partial charge in [-0.2, -0.15) is 5.06 Å². The van der Waals surface area contributed by atoms with E-state index in [-0.39, 0.29) is 17.2 Å². The minimum absolute atomic E-state index is 0.0663. The molecule has 7 atom stereocenters. The second kappa shape index (κ2) is 8.20. The number of allylic oxidation sites excluding steroid dienone is 2. The van der Waals surface area contributed by atoms with Crippen molar-refractivity contribution in [3.05, 3.63) is 11.8 Å². The maximum atomic E-state index is 12.1. The van der Waals surface area contributed by atoms with E-state index in [0.29, 0.717) is 36.0 Å². The fraction of sp³-hybridized carbons (Fsp3) is 0.846. The summed E-state index contributed by atoms with van der Waals surface area (Å²) in [7, 11) is 3.69. The molecule has 0 spiro atoms. The van der Waals surface area contributed by atoms with Gasteiger partial charge in [0.05, 0.1) is 5.70 Å². The number of hydroxylamine groups is 2. The van der Waals surface area contributed by atoms with E-state index in [9.17, 15) is 14.8 Å². The van der Waals surface area contributed by atoms with E-state index in [1.807, 2.05) is 14.1 Å². The number of carbonyl (C=O) groups is 2. The highest BCUT2D eigenvalue weighted by Crippen LogP contribution is 2.67. The maximum absolute atomic E-state index is 12.1. The number of carbonyl (C=O) groups excluding carboxylic acids is 2. The third-order valence-corrected chi connectivity index (χ3v) is 10.1. The van der Waals surface area contributed by atoms with Crippen molar-refractivity contribution < 1.29 is 14.8 Å². The molecule has 0 radical (unpaired) electrons. The van der Waals surface area contributed by atoms with Crippen molar-refractivity contribution in [3.8, 4) is 0 Å². The van der Waals surface area contributed by atoms with E-state index < -0.39 is 0 Å². The SMILES string of the molecule is C[C@H](CCCC(=O)N(C)C)[C@H]1CC[C@H]2[C@@H]3CC=C4N(O)C(=O)CC[C@]4(C)[C@H]3CC[C@]12C. The van der Waals surface area contributed by atoms with Gasteiger partial charge in [0, 0.05) is 32.4 Å². The molecule has 3 fully saturated rings. The first-order valence-corrected chi connectivity index (χ1v) is 12.5. The first-order valence-electron chi connectivity index (χ1n) is 12.5. The zero-order valence-corrected chi connectivity index (χ0v) is 20.2. The summed E-state index contributed by atoms with van der Waals surface area (Å²) in [4.78, 5) is 25.7. The molecule has 4 rings (SSSR count). The third-order valence-electron chi connectivity index (χ3n) is 10.1. The Bertz CT molecular complexity index is 762. The van der Waals surface area contributed by atoms with E-state index in [1.54, 1.807) is 4.90 Å². The van der Waals surface area contributed by atoms with Crippen LogP contribution in [-0.4, -0.2) is 41.1 Å². The Balaban J connectivity index is 1.47. The smallest absolute Gasteiger partial charge is 0.250 e. The summed E-state index contributed by atoms with van der Waals surface area (Å²) in [5.74, 6) is 3.47. The first-order chi connectivity index (χ1) is 14.6. The number of hydrogen-bond donors (Lipinski definition) is 1. The summed E-state index contributed by atoms with van der Waals surface area (Å²) in [5, 5.41) is 11.4. The minimum atomic E-state index is -0.148. The van der Waals surface area contributed by atoms with Crippen LogP contribution in [0.3, 0.4) is 0 Å². The van der Waals surface area contributed by atoms with Gasteiger partial charge in [-0.15, -0.1) is 0 Å². The topological polar surface area (TPSA) is 60.9 Å². The predicted octanol–water partition coefficient (Wildman–Crippen LogP) is 5.25. The standard InChI is InChI=1S/C26H42N2O3/c1-17(7-6-8-23(29)27(4)5)19-10-11-20-18-9-12-22-26(3,16-14-24(30)28(22)31)21(18)13-15-25(19,20)2/h12,17-21,31H,6-11,13-16H2,1-5H3/t17-,18+,19-,20+,21+,25-,26-/m1/s1. The largest absolute Gasteiger partial charge is 0.349 e. The number of rotatable bonds is 5. The number of amides is 2.